The van der Waals surface area contributed by atoms with Gasteiger partial charge in [-0.3, -0.25) is 4.90 Å². The van der Waals surface area contributed by atoms with Crippen LogP contribution in [0.1, 0.15) is 0 Å². The number of aromatic nitrogens is 2. The Balaban J connectivity index is 2.41. The molecular formula is C12H8F2N4. The van der Waals surface area contributed by atoms with E-state index < -0.39 is 11.6 Å². The van der Waals surface area contributed by atoms with E-state index in [1.807, 2.05) is 6.19 Å². The zero-order valence-corrected chi connectivity index (χ0v) is 9.43. The lowest BCUT2D eigenvalue weighted by molar-refractivity contribution is 0.602. The van der Waals surface area contributed by atoms with Crippen molar-refractivity contribution in [3.8, 4) is 17.5 Å². The second kappa shape index (κ2) is 4.75. The molecule has 1 heterocycles. The van der Waals surface area contributed by atoms with Gasteiger partial charge in [0.05, 0.1) is 5.69 Å². The molecule has 2 aromatic rings. The van der Waals surface area contributed by atoms with Gasteiger partial charge in [-0.15, -0.1) is 10.2 Å². The lowest BCUT2D eigenvalue weighted by Gasteiger charge is -2.07. The highest BCUT2D eigenvalue weighted by Crippen LogP contribution is 2.22. The Morgan fingerprint density at radius 1 is 1.17 bits per heavy atom. The fourth-order valence-electron chi connectivity index (χ4n) is 1.39. The number of hydrogen-bond acceptors (Lipinski definition) is 4. The van der Waals surface area contributed by atoms with E-state index in [0.717, 1.165) is 18.2 Å². The zero-order chi connectivity index (χ0) is 13.1. The van der Waals surface area contributed by atoms with Crippen LogP contribution < -0.4 is 4.90 Å². The summed E-state index contributed by atoms with van der Waals surface area (Å²) in [6.45, 7) is 0. The van der Waals surface area contributed by atoms with Gasteiger partial charge < -0.3 is 0 Å². The number of nitriles is 1. The van der Waals surface area contributed by atoms with Crippen LogP contribution in [0.15, 0.2) is 30.3 Å². The number of benzene rings is 1. The normalized spacial score (nSPS) is 9.89. The SMILES string of the molecule is CN(C#N)c1ccc(-c2cc(F)ccc2F)nn1. The average Bonchev–Trinajstić information content (AvgIpc) is 2.41. The second-order valence-corrected chi connectivity index (χ2v) is 3.56. The van der Waals surface area contributed by atoms with Crippen molar-refractivity contribution in [2.75, 3.05) is 11.9 Å². The Morgan fingerprint density at radius 3 is 2.56 bits per heavy atom. The molecule has 0 radical (unpaired) electrons. The van der Waals surface area contributed by atoms with Gasteiger partial charge in [-0.05, 0) is 30.3 Å². The van der Waals surface area contributed by atoms with Gasteiger partial charge in [-0.2, -0.15) is 5.26 Å². The van der Waals surface area contributed by atoms with Crippen LogP contribution in [0.2, 0.25) is 0 Å². The first-order chi connectivity index (χ1) is 8.61. The third-order valence-electron chi connectivity index (χ3n) is 2.35. The van der Waals surface area contributed by atoms with Gasteiger partial charge >= 0.3 is 0 Å². The minimum absolute atomic E-state index is 0.0358. The Morgan fingerprint density at radius 2 is 1.94 bits per heavy atom. The fourth-order valence-corrected chi connectivity index (χ4v) is 1.39. The fraction of sp³-hybridized carbons (Fsp3) is 0.0833. The molecule has 0 spiro atoms. The highest BCUT2D eigenvalue weighted by molar-refractivity contribution is 5.60. The maximum Gasteiger partial charge on any atom is 0.185 e. The third kappa shape index (κ3) is 2.25. The summed E-state index contributed by atoms with van der Waals surface area (Å²) in [4.78, 5) is 1.21. The first kappa shape index (κ1) is 11.9. The summed E-state index contributed by atoms with van der Waals surface area (Å²) < 4.78 is 26.5. The Kier molecular flexibility index (Phi) is 3.15. The third-order valence-corrected chi connectivity index (χ3v) is 2.35. The summed E-state index contributed by atoms with van der Waals surface area (Å²) in [5, 5.41) is 16.2. The molecule has 18 heavy (non-hydrogen) atoms. The lowest BCUT2D eigenvalue weighted by atomic mass is 10.1. The molecule has 1 aromatic heterocycles. The summed E-state index contributed by atoms with van der Waals surface area (Å²) in [7, 11) is 1.52. The summed E-state index contributed by atoms with van der Waals surface area (Å²) >= 11 is 0. The van der Waals surface area contributed by atoms with Gasteiger partial charge in [0, 0.05) is 12.6 Å². The topological polar surface area (TPSA) is 52.8 Å². The smallest absolute Gasteiger partial charge is 0.185 e. The molecule has 0 saturated carbocycles. The second-order valence-electron chi connectivity index (χ2n) is 3.56. The number of nitrogens with zero attached hydrogens (tertiary/aromatic N) is 4. The summed E-state index contributed by atoms with van der Waals surface area (Å²) in [6, 6.07) is 6.10. The van der Waals surface area contributed by atoms with Crippen molar-refractivity contribution in [3.63, 3.8) is 0 Å². The van der Waals surface area contributed by atoms with E-state index in [-0.39, 0.29) is 11.3 Å². The van der Waals surface area contributed by atoms with Gasteiger partial charge in [0.25, 0.3) is 0 Å². The average molecular weight is 246 g/mol. The predicted octanol–water partition coefficient (Wildman–Crippen LogP) is 2.34. The van der Waals surface area contributed by atoms with Crippen molar-refractivity contribution in [2.24, 2.45) is 0 Å². The van der Waals surface area contributed by atoms with Crippen molar-refractivity contribution in [1.29, 1.82) is 5.26 Å². The molecule has 90 valence electrons. The van der Waals surface area contributed by atoms with Crippen LogP contribution in [0, 0.1) is 23.1 Å². The van der Waals surface area contributed by atoms with Crippen molar-refractivity contribution in [2.45, 2.75) is 0 Å². The molecular weight excluding hydrogens is 238 g/mol. The van der Waals surface area contributed by atoms with E-state index in [1.165, 1.54) is 24.1 Å². The van der Waals surface area contributed by atoms with E-state index >= 15 is 0 Å². The molecule has 4 nitrogen and oxygen atoms in total. The van der Waals surface area contributed by atoms with Crippen LogP contribution in [0.5, 0.6) is 0 Å². The number of halogens is 2. The highest BCUT2D eigenvalue weighted by atomic mass is 19.1. The summed E-state index contributed by atoms with van der Waals surface area (Å²) in [6.07, 6.45) is 1.86. The molecule has 0 amide bonds. The molecule has 0 aliphatic carbocycles. The molecule has 0 aliphatic rings. The lowest BCUT2D eigenvalue weighted by Crippen LogP contribution is -2.10. The maximum absolute atomic E-state index is 13.5. The summed E-state index contributed by atoms with van der Waals surface area (Å²) in [5.74, 6) is -0.795. The van der Waals surface area contributed by atoms with Gasteiger partial charge in [0.1, 0.15) is 11.6 Å². The van der Waals surface area contributed by atoms with Crippen molar-refractivity contribution >= 4 is 5.82 Å². The largest absolute Gasteiger partial charge is 0.265 e. The minimum atomic E-state index is -0.577. The van der Waals surface area contributed by atoms with Gasteiger partial charge in [0.2, 0.25) is 0 Å². The first-order valence-electron chi connectivity index (χ1n) is 5.04. The first-order valence-corrected chi connectivity index (χ1v) is 5.04. The number of anilines is 1. The zero-order valence-electron chi connectivity index (χ0n) is 9.43. The molecule has 0 aliphatic heterocycles. The van der Waals surface area contributed by atoms with Crippen molar-refractivity contribution < 1.29 is 8.78 Å². The monoisotopic (exact) mass is 246 g/mol. The van der Waals surface area contributed by atoms with E-state index in [1.54, 1.807) is 0 Å². The molecule has 0 N–H and O–H groups in total. The molecule has 0 atom stereocenters. The van der Waals surface area contributed by atoms with Crippen molar-refractivity contribution in [3.05, 3.63) is 42.0 Å². The molecule has 2 rings (SSSR count). The molecule has 0 bridgehead atoms. The maximum atomic E-state index is 13.5. The summed E-state index contributed by atoms with van der Waals surface area (Å²) in [5.41, 5.74) is 0.246. The molecule has 0 saturated heterocycles. The number of rotatable bonds is 2. The molecule has 0 fully saturated rings. The van der Waals surface area contributed by atoms with Crippen LogP contribution in [-0.4, -0.2) is 17.2 Å². The minimum Gasteiger partial charge on any atom is -0.265 e. The quantitative estimate of drug-likeness (QED) is 0.602. The van der Waals surface area contributed by atoms with Gasteiger partial charge in [0.15, 0.2) is 12.0 Å². The van der Waals surface area contributed by atoms with E-state index in [9.17, 15) is 8.78 Å². The molecule has 6 heteroatoms. The van der Waals surface area contributed by atoms with E-state index in [4.69, 9.17) is 5.26 Å². The van der Waals surface area contributed by atoms with Crippen LogP contribution in [-0.2, 0) is 0 Å². The Labute approximate surface area is 102 Å². The van der Waals surface area contributed by atoms with Crippen molar-refractivity contribution in [1.82, 2.24) is 10.2 Å². The van der Waals surface area contributed by atoms with Crippen LogP contribution >= 0.6 is 0 Å². The Hall–Kier alpha value is -2.55. The molecule has 0 unspecified atom stereocenters. The standard InChI is InChI=1S/C12H8F2N4/c1-18(7-15)12-5-4-11(16-17-12)9-6-8(13)2-3-10(9)14/h2-6H,1H3. The van der Waals surface area contributed by atoms with Crippen LogP contribution in [0.25, 0.3) is 11.3 Å². The predicted molar refractivity (Wildman–Crippen MR) is 61.4 cm³/mol. The molecule has 1 aromatic carbocycles. The highest BCUT2D eigenvalue weighted by Gasteiger charge is 2.09. The Bertz CT molecular complexity index is 604. The number of hydrogen-bond donors (Lipinski definition) is 0. The van der Waals surface area contributed by atoms with E-state index in [2.05, 4.69) is 10.2 Å². The van der Waals surface area contributed by atoms with E-state index in [0.29, 0.717) is 5.82 Å². The van der Waals surface area contributed by atoms with Gasteiger partial charge in [-0.25, -0.2) is 8.78 Å². The van der Waals surface area contributed by atoms with Crippen LogP contribution in [0.3, 0.4) is 0 Å². The van der Waals surface area contributed by atoms with Gasteiger partial charge in [-0.1, -0.05) is 0 Å². The van der Waals surface area contributed by atoms with Crippen LogP contribution in [0.4, 0.5) is 14.6 Å².